The maximum atomic E-state index is 14.0. The lowest BCUT2D eigenvalue weighted by Gasteiger charge is -2.24. The third-order valence-electron chi connectivity index (χ3n) is 8.29. The summed E-state index contributed by atoms with van der Waals surface area (Å²) in [7, 11) is -4.20. The normalized spacial score (nSPS) is 15.4. The average molecular weight is 702 g/mol. The zero-order valence-corrected chi connectivity index (χ0v) is 29.8. The van der Waals surface area contributed by atoms with Gasteiger partial charge < -0.3 is 21.3 Å². The Morgan fingerprint density at radius 3 is 2.02 bits per heavy atom. The van der Waals surface area contributed by atoms with Crippen LogP contribution in [0.15, 0.2) is 84.9 Å². The number of amides is 4. The molecule has 0 bridgehead atoms. The van der Waals surface area contributed by atoms with Gasteiger partial charge in [-0.05, 0) is 60.6 Å². The molecule has 12 heteroatoms. The first-order valence-corrected chi connectivity index (χ1v) is 18.5. The summed E-state index contributed by atoms with van der Waals surface area (Å²) in [6.07, 6.45) is 3.77. The Balaban J connectivity index is 1.64. The van der Waals surface area contributed by atoms with Gasteiger partial charge in [-0.1, -0.05) is 94.3 Å². The Hall–Kier alpha value is -4.81. The lowest BCUT2D eigenvalue weighted by Crippen LogP contribution is -2.51. The molecule has 0 saturated heterocycles. The van der Waals surface area contributed by atoms with E-state index in [-0.39, 0.29) is 40.1 Å². The summed E-state index contributed by atoms with van der Waals surface area (Å²) in [5, 5.41) is 12.3. The molecule has 266 valence electrons. The predicted molar refractivity (Wildman–Crippen MR) is 194 cm³/mol. The molecule has 3 aromatic rings. The largest absolute Gasteiger partial charge is 0.354 e. The smallest absolute Gasteiger partial charge is 0.265 e. The fourth-order valence-electron chi connectivity index (χ4n) is 5.58. The van der Waals surface area contributed by atoms with Crippen molar-refractivity contribution in [3.8, 4) is 0 Å². The number of sulfonamides is 1. The van der Waals surface area contributed by atoms with Crippen molar-refractivity contribution in [3.63, 3.8) is 0 Å². The van der Waals surface area contributed by atoms with E-state index in [9.17, 15) is 27.6 Å². The molecule has 0 unspecified atom stereocenters. The Kier molecular flexibility index (Phi) is 13.5. The molecule has 11 nitrogen and oxygen atoms in total. The Bertz CT molecular complexity index is 1790. The molecule has 0 fully saturated rings. The molecule has 1 aliphatic rings. The van der Waals surface area contributed by atoms with Crippen LogP contribution in [0.5, 0.6) is 0 Å². The van der Waals surface area contributed by atoms with Crippen molar-refractivity contribution in [2.45, 2.75) is 71.5 Å². The van der Waals surface area contributed by atoms with E-state index in [0.717, 1.165) is 30.0 Å². The molecule has 50 heavy (non-hydrogen) atoms. The number of unbranched alkanes of at least 4 members (excludes halogenated alkanes) is 1. The standard InChI is InChI=1S/C38H47N5O6S/c1-5-6-17-33(38(47)40-23-25(2)3)39-24-32(18-27-13-9-7-10-14-27)42-37(46)31-20-29(34-22-35(44)43-50(34,48)49)19-30(21-31)36(45)41-26(4)28-15-11-8-12-16-28/h7-16,19-22,25-26,32-33,39H,5-6,17-18,23-24H2,1-4H3,(H,40,47)(H,41,45)(H,42,46)(H,43,44)/t26-,32+,33+/m1/s1. The van der Waals surface area contributed by atoms with E-state index in [1.807, 2.05) is 86.2 Å². The van der Waals surface area contributed by atoms with Crippen molar-refractivity contribution in [2.24, 2.45) is 5.92 Å². The van der Waals surface area contributed by atoms with Gasteiger partial charge in [-0.2, -0.15) is 0 Å². The second-order valence-electron chi connectivity index (χ2n) is 13.0. The molecule has 0 radical (unpaired) electrons. The Morgan fingerprint density at radius 1 is 0.820 bits per heavy atom. The highest BCUT2D eigenvalue weighted by Gasteiger charge is 2.31. The second kappa shape index (κ2) is 17.7. The molecule has 0 aromatic heterocycles. The zero-order chi connectivity index (χ0) is 36.3. The quantitative estimate of drug-likeness (QED) is 0.141. The SMILES string of the molecule is CCCC[C@H](NC[C@H](Cc1ccccc1)NC(=O)c1cc(C(=O)N[C@H](C)c2ccccc2)cc(C2=CC(=O)NS2(=O)=O)c1)C(=O)NCC(C)C. The van der Waals surface area contributed by atoms with Crippen LogP contribution in [0.4, 0.5) is 0 Å². The van der Waals surface area contributed by atoms with Crippen LogP contribution in [-0.4, -0.2) is 57.2 Å². The summed E-state index contributed by atoms with van der Waals surface area (Å²) in [4.78, 5) is 52.3. The minimum Gasteiger partial charge on any atom is -0.354 e. The van der Waals surface area contributed by atoms with Crippen molar-refractivity contribution in [2.75, 3.05) is 13.1 Å². The molecule has 3 aromatic carbocycles. The highest BCUT2D eigenvalue weighted by molar-refractivity contribution is 7.99. The lowest BCUT2D eigenvalue weighted by atomic mass is 10.0. The van der Waals surface area contributed by atoms with Gasteiger partial charge in [0.15, 0.2) is 0 Å². The van der Waals surface area contributed by atoms with Crippen LogP contribution in [0.2, 0.25) is 0 Å². The third kappa shape index (κ3) is 10.8. The first-order valence-electron chi connectivity index (χ1n) is 17.0. The van der Waals surface area contributed by atoms with E-state index in [1.165, 1.54) is 18.2 Å². The molecule has 1 aliphatic heterocycles. The topological polar surface area (TPSA) is 163 Å². The summed E-state index contributed by atoms with van der Waals surface area (Å²) >= 11 is 0. The number of rotatable bonds is 17. The fraction of sp³-hybridized carbons (Fsp3) is 0.368. The number of hydrogen-bond donors (Lipinski definition) is 5. The molecule has 3 atom stereocenters. The van der Waals surface area contributed by atoms with E-state index in [1.54, 1.807) is 0 Å². The van der Waals surface area contributed by atoms with Crippen LogP contribution in [0.3, 0.4) is 0 Å². The maximum absolute atomic E-state index is 14.0. The van der Waals surface area contributed by atoms with Crippen LogP contribution in [0, 0.1) is 5.92 Å². The van der Waals surface area contributed by atoms with E-state index >= 15 is 0 Å². The first-order chi connectivity index (χ1) is 23.9. The van der Waals surface area contributed by atoms with Gasteiger partial charge in [0, 0.05) is 36.3 Å². The number of hydrogen-bond acceptors (Lipinski definition) is 7. The zero-order valence-electron chi connectivity index (χ0n) is 29.0. The predicted octanol–water partition coefficient (Wildman–Crippen LogP) is 4.24. The number of benzene rings is 3. The van der Waals surface area contributed by atoms with Crippen molar-refractivity contribution in [3.05, 3.63) is 113 Å². The van der Waals surface area contributed by atoms with Crippen LogP contribution in [0.25, 0.3) is 4.91 Å². The Labute approximate surface area is 294 Å². The van der Waals surface area contributed by atoms with Gasteiger partial charge in [0.1, 0.15) is 4.91 Å². The Morgan fingerprint density at radius 2 is 1.44 bits per heavy atom. The van der Waals surface area contributed by atoms with Gasteiger partial charge >= 0.3 is 0 Å². The van der Waals surface area contributed by atoms with Gasteiger partial charge in [0.25, 0.3) is 27.7 Å². The fourth-order valence-corrected chi connectivity index (χ4v) is 6.70. The molecule has 0 saturated carbocycles. The maximum Gasteiger partial charge on any atom is 0.265 e. The highest BCUT2D eigenvalue weighted by Crippen LogP contribution is 2.27. The molecule has 0 spiro atoms. The third-order valence-corrected chi connectivity index (χ3v) is 9.70. The van der Waals surface area contributed by atoms with E-state index in [0.29, 0.717) is 25.3 Å². The molecule has 1 heterocycles. The summed E-state index contributed by atoms with van der Waals surface area (Å²) < 4.78 is 27.5. The average Bonchev–Trinajstić information content (AvgIpc) is 3.38. The van der Waals surface area contributed by atoms with Crippen molar-refractivity contribution >= 4 is 38.6 Å². The second-order valence-corrected chi connectivity index (χ2v) is 14.6. The number of nitrogens with one attached hydrogen (secondary N) is 5. The van der Waals surface area contributed by atoms with Crippen LogP contribution in [-0.2, 0) is 26.0 Å². The summed E-state index contributed by atoms with van der Waals surface area (Å²) in [6.45, 7) is 8.75. The molecule has 4 amide bonds. The summed E-state index contributed by atoms with van der Waals surface area (Å²) in [5.41, 5.74) is 1.92. The van der Waals surface area contributed by atoms with Crippen molar-refractivity contribution in [1.82, 2.24) is 26.0 Å². The molecule has 5 N–H and O–H groups in total. The minimum atomic E-state index is -4.20. The lowest BCUT2D eigenvalue weighted by molar-refractivity contribution is -0.123. The number of carbonyl (C=O) groups is 4. The van der Waals surface area contributed by atoms with Gasteiger partial charge in [0.2, 0.25) is 5.91 Å². The van der Waals surface area contributed by atoms with Crippen molar-refractivity contribution < 1.29 is 27.6 Å². The van der Waals surface area contributed by atoms with Gasteiger partial charge in [-0.15, -0.1) is 0 Å². The van der Waals surface area contributed by atoms with E-state index < -0.39 is 39.8 Å². The van der Waals surface area contributed by atoms with Crippen LogP contribution >= 0.6 is 0 Å². The first kappa shape index (κ1) is 38.0. The van der Waals surface area contributed by atoms with E-state index in [4.69, 9.17) is 0 Å². The van der Waals surface area contributed by atoms with Crippen molar-refractivity contribution in [1.29, 1.82) is 0 Å². The summed E-state index contributed by atoms with van der Waals surface area (Å²) in [5.74, 6) is -1.70. The molecule has 4 rings (SSSR count). The van der Waals surface area contributed by atoms with Crippen LogP contribution < -0.4 is 26.0 Å². The highest BCUT2D eigenvalue weighted by atomic mass is 32.2. The monoisotopic (exact) mass is 701 g/mol. The van der Waals surface area contributed by atoms with Crippen LogP contribution in [0.1, 0.15) is 90.4 Å². The summed E-state index contributed by atoms with van der Waals surface area (Å²) in [6, 6.07) is 21.7. The van der Waals surface area contributed by atoms with Gasteiger partial charge in [-0.3, -0.25) is 19.2 Å². The molecule has 0 aliphatic carbocycles. The number of carbonyl (C=O) groups excluding carboxylic acids is 4. The van der Waals surface area contributed by atoms with Gasteiger partial charge in [-0.25, -0.2) is 13.1 Å². The minimum absolute atomic E-state index is 0.0210. The molecular weight excluding hydrogens is 655 g/mol. The van der Waals surface area contributed by atoms with E-state index in [2.05, 4.69) is 28.2 Å². The van der Waals surface area contributed by atoms with Gasteiger partial charge in [0.05, 0.1) is 12.1 Å². The molecular formula is C38H47N5O6S.